The fourth-order valence-corrected chi connectivity index (χ4v) is 2.59. The van der Waals surface area contributed by atoms with E-state index in [2.05, 4.69) is 10.6 Å². The van der Waals surface area contributed by atoms with Gasteiger partial charge in [-0.2, -0.15) is 0 Å². The molecule has 0 amide bonds. The molecule has 7 heteroatoms. The average molecular weight is 388 g/mol. The van der Waals surface area contributed by atoms with Crippen molar-refractivity contribution in [1.82, 2.24) is 5.32 Å². The standard InChI is InChI=1S/C20H24N2O4S/c1-4-25-17-10-9-14(11-18(17)26-5-2)13-21-20(27)22-16-8-6-7-15(12-16)19(23)24-3/h6-12H,4-5,13H2,1-3H3,(H2,21,22,27). The second-order valence-electron chi connectivity index (χ2n) is 5.53. The minimum atomic E-state index is -0.393. The molecule has 0 aliphatic carbocycles. The van der Waals surface area contributed by atoms with Crippen LogP contribution in [0.15, 0.2) is 42.5 Å². The molecule has 144 valence electrons. The van der Waals surface area contributed by atoms with Crippen LogP contribution in [-0.2, 0) is 11.3 Å². The van der Waals surface area contributed by atoms with E-state index in [9.17, 15) is 4.79 Å². The van der Waals surface area contributed by atoms with E-state index in [0.717, 1.165) is 11.3 Å². The summed E-state index contributed by atoms with van der Waals surface area (Å²) >= 11 is 5.33. The molecule has 0 atom stereocenters. The first-order chi connectivity index (χ1) is 13.1. The topological polar surface area (TPSA) is 68.8 Å². The zero-order valence-electron chi connectivity index (χ0n) is 15.7. The van der Waals surface area contributed by atoms with Crippen LogP contribution >= 0.6 is 12.2 Å². The molecule has 0 radical (unpaired) electrons. The molecule has 2 rings (SSSR count). The van der Waals surface area contributed by atoms with Crippen molar-refractivity contribution < 1.29 is 19.0 Å². The summed E-state index contributed by atoms with van der Waals surface area (Å²) in [5, 5.41) is 6.65. The van der Waals surface area contributed by atoms with Gasteiger partial charge in [0.15, 0.2) is 16.6 Å². The lowest BCUT2D eigenvalue weighted by atomic mass is 10.2. The van der Waals surface area contributed by atoms with Gasteiger partial charge in [-0.3, -0.25) is 0 Å². The lowest BCUT2D eigenvalue weighted by molar-refractivity contribution is 0.0601. The molecule has 0 saturated heterocycles. The van der Waals surface area contributed by atoms with Gasteiger partial charge in [-0.05, 0) is 62.0 Å². The van der Waals surface area contributed by atoms with Crippen LogP contribution in [0.1, 0.15) is 29.8 Å². The average Bonchev–Trinajstić information content (AvgIpc) is 2.68. The smallest absolute Gasteiger partial charge is 0.337 e. The number of thiocarbonyl (C=S) groups is 1. The summed E-state index contributed by atoms with van der Waals surface area (Å²) < 4.78 is 15.9. The predicted molar refractivity (Wildman–Crippen MR) is 110 cm³/mol. The zero-order valence-corrected chi connectivity index (χ0v) is 16.5. The molecule has 2 aromatic rings. The number of hydrogen-bond donors (Lipinski definition) is 2. The van der Waals surface area contributed by atoms with Gasteiger partial charge < -0.3 is 24.8 Å². The molecule has 2 aromatic carbocycles. The number of carbonyl (C=O) groups excluding carboxylic acids is 1. The van der Waals surface area contributed by atoms with Crippen LogP contribution in [0.2, 0.25) is 0 Å². The quantitative estimate of drug-likeness (QED) is 0.527. The second-order valence-corrected chi connectivity index (χ2v) is 5.94. The first-order valence-corrected chi connectivity index (χ1v) is 9.10. The Labute approximate surface area is 164 Å². The third kappa shape index (κ3) is 6.14. The highest BCUT2D eigenvalue weighted by atomic mass is 32.1. The number of esters is 1. The van der Waals surface area contributed by atoms with Crippen LogP contribution in [0.5, 0.6) is 11.5 Å². The maximum atomic E-state index is 11.6. The van der Waals surface area contributed by atoms with Crippen molar-refractivity contribution in [3.05, 3.63) is 53.6 Å². The molecule has 27 heavy (non-hydrogen) atoms. The Bertz CT molecular complexity index is 795. The van der Waals surface area contributed by atoms with Gasteiger partial charge >= 0.3 is 5.97 Å². The number of benzene rings is 2. The minimum Gasteiger partial charge on any atom is -0.490 e. The highest BCUT2D eigenvalue weighted by molar-refractivity contribution is 7.80. The third-order valence-corrected chi connectivity index (χ3v) is 3.85. The third-order valence-electron chi connectivity index (χ3n) is 3.60. The number of hydrogen-bond acceptors (Lipinski definition) is 5. The van der Waals surface area contributed by atoms with Crippen LogP contribution in [0.25, 0.3) is 0 Å². The van der Waals surface area contributed by atoms with E-state index in [4.69, 9.17) is 26.4 Å². The molecule has 0 unspecified atom stereocenters. The Balaban J connectivity index is 1.97. The summed E-state index contributed by atoms with van der Waals surface area (Å²) in [5.74, 6) is 1.04. The summed E-state index contributed by atoms with van der Waals surface area (Å²) in [7, 11) is 1.35. The largest absolute Gasteiger partial charge is 0.490 e. The van der Waals surface area contributed by atoms with Gasteiger partial charge in [-0.15, -0.1) is 0 Å². The van der Waals surface area contributed by atoms with Crippen molar-refractivity contribution in [1.29, 1.82) is 0 Å². The van der Waals surface area contributed by atoms with E-state index in [0.29, 0.717) is 41.9 Å². The SMILES string of the molecule is CCOc1ccc(CNC(=S)Nc2cccc(C(=O)OC)c2)cc1OCC. The van der Waals surface area contributed by atoms with E-state index >= 15 is 0 Å². The van der Waals surface area contributed by atoms with Crippen molar-refractivity contribution in [3.8, 4) is 11.5 Å². The maximum absolute atomic E-state index is 11.6. The predicted octanol–water partition coefficient (Wildman–Crippen LogP) is 3.76. The van der Waals surface area contributed by atoms with Crippen molar-refractivity contribution >= 4 is 29.0 Å². The Morgan fingerprint density at radius 1 is 1.04 bits per heavy atom. The van der Waals surface area contributed by atoms with Gasteiger partial charge in [0, 0.05) is 12.2 Å². The second kappa shape index (κ2) is 10.4. The molecule has 0 aliphatic rings. The highest BCUT2D eigenvalue weighted by Gasteiger charge is 2.08. The van der Waals surface area contributed by atoms with Crippen molar-refractivity contribution in [3.63, 3.8) is 0 Å². The van der Waals surface area contributed by atoms with Gasteiger partial charge in [0.1, 0.15) is 0 Å². The van der Waals surface area contributed by atoms with E-state index in [1.807, 2.05) is 38.1 Å². The summed E-state index contributed by atoms with van der Waals surface area (Å²) in [6.45, 7) is 5.53. The maximum Gasteiger partial charge on any atom is 0.337 e. The van der Waals surface area contributed by atoms with E-state index < -0.39 is 5.97 Å². The van der Waals surface area contributed by atoms with Gasteiger partial charge in [0.05, 0.1) is 25.9 Å². The molecule has 0 aliphatic heterocycles. The number of anilines is 1. The van der Waals surface area contributed by atoms with Crippen molar-refractivity contribution in [2.45, 2.75) is 20.4 Å². The van der Waals surface area contributed by atoms with Gasteiger partial charge in [0.25, 0.3) is 0 Å². The minimum absolute atomic E-state index is 0.393. The van der Waals surface area contributed by atoms with Crippen LogP contribution in [0.3, 0.4) is 0 Å². The normalized spacial score (nSPS) is 10.0. The molecule has 6 nitrogen and oxygen atoms in total. The molecule has 0 spiro atoms. The molecule has 2 N–H and O–H groups in total. The summed E-state index contributed by atoms with van der Waals surface area (Å²) in [6.07, 6.45) is 0. The fraction of sp³-hybridized carbons (Fsp3) is 0.300. The number of nitrogens with one attached hydrogen (secondary N) is 2. The van der Waals surface area contributed by atoms with Crippen LogP contribution in [-0.4, -0.2) is 31.4 Å². The Morgan fingerprint density at radius 3 is 2.48 bits per heavy atom. The first kappa shape index (κ1) is 20.5. The van der Waals surface area contributed by atoms with E-state index in [1.54, 1.807) is 18.2 Å². The molecule has 0 bridgehead atoms. The summed E-state index contributed by atoms with van der Waals surface area (Å²) in [4.78, 5) is 11.6. The van der Waals surface area contributed by atoms with Crippen LogP contribution < -0.4 is 20.1 Å². The van der Waals surface area contributed by atoms with Gasteiger partial charge in [0.2, 0.25) is 0 Å². The summed E-state index contributed by atoms with van der Waals surface area (Å²) in [5.41, 5.74) is 2.17. The Morgan fingerprint density at radius 2 is 1.78 bits per heavy atom. The number of rotatable bonds is 8. The lowest BCUT2D eigenvalue weighted by Gasteiger charge is -2.14. The van der Waals surface area contributed by atoms with E-state index in [1.165, 1.54) is 7.11 Å². The Kier molecular flexibility index (Phi) is 7.88. The summed E-state index contributed by atoms with van der Waals surface area (Å²) in [6, 6.07) is 12.7. The first-order valence-electron chi connectivity index (χ1n) is 8.69. The highest BCUT2D eigenvalue weighted by Crippen LogP contribution is 2.28. The van der Waals surface area contributed by atoms with Crippen molar-refractivity contribution in [2.75, 3.05) is 25.6 Å². The van der Waals surface area contributed by atoms with Gasteiger partial charge in [-0.1, -0.05) is 12.1 Å². The van der Waals surface area contributed by atoms with Crippen molar-refractivity contribution in [2.24, 2.45) is 0 Å². The molecule has 0 saturated carbocycles. The lowest BCUT2D eigenvalue weighted by Crippen LogP contribution is -2.28. The van der Waals surface area contributed by atoms with Crippen LogP contribution in [0.4, 0.5) is 5.69 Å². The Hall–Kier alpha value is -2.80. The van der Waals surface area contributed by atoms with E-state index in [-0.39, 0.29) is 0 Å². The molecular formula is C20H24N2O4S. The molecule has 0 aromatic heterocycles. The number of ether oxygens (including phenoxy) is 3. The van der Waals surface area contributed by atoms with Gasteiger partial charge in [-0.25, -0.2) is 4.79 Å². The molecular weight excluding hydrogens is 364 g/mol. The molecule has 0 fully saturated rings. The monoisotopic (exact) mass is 388 g/mol. The molecule has 0 heterocycles. The fourth-order valence-electron chi connectivity index (χ4n) is 2.40. The number of carbonyl (C=O) groups is 1. The van der Waals surface area contributed by atoms with Crippen LogP contribution in [0, 0.1) is 0 Å². The number of methoxy groups -OCH3 is 1. The zero-order chi connectivity index (χ0) is 19.6.